The molecule has 4 aromatic rings. The lowest BCUT2D eigenvalue weighted by molar-refractivity contribution is 0.0972. The smallest absolute Gasteiger partial charge is 0.277 e. The summed E-state index contributed by atoms with van der Waals surface area (Å²) < 4.78 is 8.47. The van der Waals surface area contributed by atoms with Crippen molar-refractivity contribution in [1.29, 1.82) is 0 Å². The van der Waals surface area contributed by atoms with E-state index < -0.39 is 5.91 Å². The average molecular weight is 518 g/mol. The highest BCUT2D eigenvalue weighted by Crippen LogP contribution is 2.32. The Morgan fingerprint density at radius 3 is 2.46 bits per heavy atom. The molecule has 3 heterocycles. The maximum atomic E-state index is 13.8. The summed E-state index contributed by atoms with van der Waals surface area (Å²) >= 11 is 6.38. The number of carbonyl (C=O) groups is 2. The molecule has 1 aliphatic rings. The van der Waals surface area contributed by atoms with Crippen molar-refractivity contribution in [2.45, 2.75) is 20.3 Å². The molecule has 0 unspecified atom stereocenters. The van der Waals surface area contributed by atoms with Crippen LogP contribution in [0.15, 0.2) is 65.6 Å². The Morgan fingerprint density at radius 1 is 1.08 bits per heavy atom. The minimum Gasteiger partial charge on any atom is -0.492 e. The molecule has 0 fully saturated rings. The standard InChI is InChI=1S/C27H24ClN5O4/c1-3-37-22-11-10-19(15-21(22)28)33-24-20(23(30-33)25(29)34)12-14-32(27(24)36)18-8-6-17(7-9-18)31-13-4-5-16(2)26(31)35/h4-11,13,15H,3,12,14H2,1-2H3,(H2,29,34). The average Bonchev–Trinajstić information content (AvgIpc) is 3.28. The number of rotatable bonds is 6. The van der Waals surface area contributed by atoms with Crippen LogP contribution in [-0.2, 0) is 6.42 Å². The predicted molar refractivity (Wildman–Crippen MR) is 140 cm³/mol. The van der Waals surface area contributed by atoms with Crippen molar-refractivity contribution >= 4 is 29.1 Å². The first kappa shape index (κ1) is 24.3. The van der Waals surface area contributed by atoms with Crippen molar-refractivity contribution in [3.63, 3.8) is 0 Å². The quantitative estimate of drug-likeness (QED) is 0.419. The number of primary amides is 1. The second-order valence-corrected chi connectivity index (χ2v) is 9.00. The monoisotopic (exact) mass is 517 g/mol. The molecule has 0 radical (unpaired) electrons. The molecular weight excluding hydrogens is 494 g/mol. The van der Waals surface area contributed by atoms with Gasteiger partial charge in [0.2, 0.25) is 0 Å². The number of nitrogens with two attached hydrogens (primary N) is 1. The van der Waals surface area contributed by atoms with Gasteiger partial charge in [-0.05, 0) is 68.8 Å². The number of hydrogen-bond donors (Lipinski definition) is 1. The number of aryl methyl sites for hydroxylation is 1. The van der Waals surface area contributed by atoms with Gasteiger partial charge in [0.25, 0.3) is 17.4 Å². The topological polar surface area (TPSA) is 112 Å². The lowest BCUT2D eigenvalue weighted by atomic mass is 10.0. The number of fused-ring (bicyclic) bond motifs is 1. The van der Waals surface area contributed by atoms with E-state index in [0.29, 0.717) is 58.5 Å². The molecule has 2 aromatic heterocycles. The van der Waals surface area contributed by atoms with Crippen molar-refractivity contribution in [3.8, 4) is 17.1 Å². The molecule has 0 aliphatic carbocycles. The fourth-order valence-electron chi connectivity index (χ4n) is 4.48. The Balaban J connectivity index is 1.53. The first-order chi connectivity index (χ1) is 17.8. The molecule has 188 valence electrons. The number of halogens is 1. The second-order valence-electron chi connectivity index (χ2n) is 8.59. The van der Waals surface area contributed by atoms with Gasteiger partial charge in [-0.15, -0.1) is 0 Å². The molecule has 10 heteroatoms. The van der Waals surface area contributed by atoms with Crippen LogP contribution in [0.2, 0.25) is 5.02 Å². The van der Waals surface area contributed by atoms with Crippen LogP contribution >= 0.6 is 11.6 Å². The highest BCUT2D eigenvalue weighted by molar-refractivity contribution is 6.32. The number of ether oxygens (including phenoxy) is 1. The van der Waals surface area contributed by atoms with E-state index in [-0.39, 0.29) is 22.9 Å². The third-order valence-corrected chi connectivity index (χ3v) is 6.58. The fourth-order valence-corrected chi connectivity index (χ4v) is 4.71. The van der Waals surface area contributed by atoms with Gasteiger partial charge in [-0.25, -0.2) is 4.68 Å². The third-order valence-electron chi connectivity index (χ3n) is 6.29. The molecule has 2 N–H and O–H groups in total. The van der Waals surface area contributed by atoms with Gasteiger partial charge in [-0.2, -0.15) is 5.10 Å². The number of nitrogens with zero attached hydrogens (tertiary/aromatic N) is 4. The van der Waals surface area contributed by atoms with E-state index in [1.54, 1.807) is 71.1 Å². The zero-order valence-corrected chi connectivity index (χ0v) is 21.0. The molecule has 37 heavy (non-hydrogen) atoms. The summed E-state index contributed by atoms with van der Waals surface area (Å²) in [6.45, 7) is 4.41. The van der Waals surface area contributed by atoms with Crippen LogP contribution in [0.5, 0.6) is 5.75 Å². The van der Waals surface area contributed by atoms with Crippen LogP contribution in [0.4, 0.5) is 5.69 Å². The van der Waals surface area contributed by atoms with Gasteiger partial charge in [-0.3, -0.25) is 19.0 Å². The van der Waals surface area contributed by atoms with E-state index in [1.165, 1.54) is 4.68 Å². The van der Waals surface area contributed by atoms with Crippen LogP contribution in [0.25, 0.3) is 11.4 Å². The summed E-state index contributed by atoms with van der Waals surface area (Å²) in [5, 5.41) is 4.74. The van der Waals surface area contributed by atoms with Crippen LogP contribution in [0, 0.1) is 6.92 Å². The van der Waals surface area contributed by atoms with Crippen molar-refractivity contribution in [1.82, 2.24) is 14.3 Å². The van der Waals surface area contributed by atoms with Crippen LogP contribution in [0.3, 0.4) is 0 Å². The second kappa shape index (κ2) is 9.59. The van der Waals surface area contributed by atoms with Crippen molar-refractivity contribution in [2.24, 2.45) is 5.73 Å². The number of amides is 2. The summed E-state index contributed by atoms with van der Waals surface area (Å²) in [6, 6.07) is 15.8. The van der Waals surface area contributed by atoms with Gasteiger partial charge < -0.3 is 15.4 Å². The van der Waals surface area contributed by atoms with Gasteiger partial charge >= 0.3 is 0 Å². The molecule has 2 amide bonds. The minimum atomic E-state index is -0.707. The highest BCUT2D eigenvalue weighted by atomic mass is 35.5. The van der Waals surface area contributed by atoms with Gasteiger partial charge in [0.15, 0.2) is 5.69 Å². The Hall–Kier alpha value is -4.37. The Morgan fingerprint density at radius 2 is 1.78 bits per heavy atom. The molecule has 9 nitrogen and oxygen atoms in total. The highest BCUT2D eigenvalue weighted by Gasteiger charge is 2.34. The van der Waals surface area contributed by atoms with Crippen LogP contribution in [-0.4, -0.2) is 39.3 Å². The molecule has 0 bridgehead atoms. The van der Waals surface area contributed by atoms with E-state index in [9.17, 15) is 14.4 Å². The zero-order valence-electron chi connectivity index (χ0n) is 20.3. The largest absolute Gasteiger partial charge is 0.492 e. The number of carbonyl (C=O) groups excluding carboxylic acids is 2. The fraction of sp³-hybridized carbons (Fsp3) is 0.185. The maximum absolute atomic E-state index is 13.8. The van der Waals surface area contributed by atoms with Crippen molar-refractivity contribution < 1.29 is 14.3 Å². The number of anilines is 1. The molecule has 1 aliphatic heterocycles. The molecule has 0 saturated carbocycles. The molecule has 0 spiro atoms. The summed E-state index contributed by atoms with van der Waals surface area (Å²) in [4.78, 5) is 40.0. The Bertz CT molecular complexity index is 1590. The third kappa shape index (κ3) is 4.27. The minimum absolute atomic E-state index is 0.0576. The molecule has 0 atom stereocenters. The Labute approximate surface area is 217 Å². The first-order valence-corrected chi connectivity index (χ1v) is 12.1. The van der Waals surface area contributed by atoms with E-state index in [2.05, 4.69) is 5.10 Å². The summed E-state index contributed by atoms with van der Waals surface area (Å²) in [5.41, 5.74) is 8.78. The molecule has 2 aromatic carbocycles. The Kier molecular flexibility index (Phi) is 6.31. The van der Waals surface area contributed by atoms with E-state index in [0.717, 1.165) is 0 Å². The van der Waals surface area contributed by atoms with E-state index >= 15 is 0 Å². The molecule has 0 saturated heterocycles. The zero-order chi connectivity index (χ0) is 26.3. The van der Waals surface area contributed by atoms with Crippen LogP contribution < -0.4 is 20.9 Å². The molecular formula is C27H24ClN5O4. The van der Waals surface area contributed by atoms with Gasteiger partial charge in [0.05, 0.1) is 17.3 Å². The van der Waals surface area contributed by atoms with Gasteiger partial charge in [-0.1, -0.05) is 17.7 Å². The summed E-state index contributed by atoms with van der Waals surface area (Å²) in [6.07, 6.45) is 2.09. The number of aromatic nitrogens is 3. The normalized spacial score (nSPS) is 12.9. The van der Waals surface area contributed by atoms with E-state index in [1.807, 2.05) is 13.0 Å². The predicted octanol–water partition coefficient (Wildman–Crippen LogP) is 3.69. The van der Waals surface area contributed by atoms with E-state index in [4.69, 9.17) is 22.1 Å². The SMILES string of the molecule is CCOc1ccc(-n2nc(C(N)=O)c3c2C(=O)N(c2ccc(-n4cccc(C)c4=O)cc2)CC3)cc1Cl. The first-order valence-electron chi connectivity index (χ1n) is 11.7. The molecule has 5 rings (SSSR count). The van der Waals surface area contributed by atoms with Gasteiger partial charge in [0, 0.05) is 35.2 Å². The number of hydrogen-bond acceptors (Lipinski definition) is 5. The van der Waals surface area contributed by atoms with Crippen molar-refractivity contribution in [2.75, 3.05) is 18.1 Å². The number of benzene rings is 2. The summed E-state index contributed by atoms with van der Waals surface area (Å²) in [7, 11) is 0. The summed E-state index contributed by atoms with van der Waals surface area (Å²) in [5.74, 6) is -0.530. The lowest BCUT2D eigenvalue weighted by Gasteiger charge is -2.28. The van der Waals surface area contributed by atoms with Gasteiger partial charge in [0.1, 0.15) is 11.4 Å². The number of pyridine rings is 1. The van der Waals surface area contributed by atoms with Crippen molar-refractivity contribution in [3.05, 3.63) is 98.7 Å². The maximum Gasteiger partial charge on any atom is 0.277 e. The lowest BCUT2D eigenvalue weighted by Crippen LogP contribution is -2.39. The van der Waals surface area contributed by atoms with Crippen LogP contribution in [0.1, 0.15) is 39.0 Å².